The fraction of sp³-hybridized carbons (Fsp3) is 0.414. The van der Waals surface area contributed by atoms with E-state index < -0.39 is 23.0 Å². The lowest BCUT2D eigenvalue weighted by atomic mass is 9.69. The van der Waals surface area contributed by atoms with Crippen LogP contribution >= 0.6 is 0 Å². The van der Waals surface area contributed by atoms with E-state index in [1.807, 2.05) is 51.1 Å². The van der Waals surface area contributed by atoms with E-state index >= 15 is 0 Å². The molecule has 0 aromatic heterocycles. The first kappa shape index (κ1) is 27.0. The fourth-order valence-electron chi connectivity index (χ4n) is 4.47. The molecule has 0 heterocycles. The second-order valence-corrected chi connectivity index (χ2v) is 10.3. The average molecular weight is 494 g/mol. The monoisotopic (exact) mass is 493 g/mol. The quantitative estimate of drug-likeness (QED) is 0.346. The molecule has 0 unspecified atom stereocenters. The smallest absolute Gasteiger partial charge is 0.344 e. The molecule has 0 spiro atoms. The van der Waals surface area contributed by atoms with Gasteiger partial charge in [0.1, 0.15) is 11.4 Å². The van der Waals surface area contributed by atoms with E-state index in [0.29, 0.717) is 23.4 Å². The SMILES string of the molecule is CC(C)(C)OC(=O)COc1ccc(CC2(C(=O)Nc3cccc(/C=C/C(=O)O)c3)CCCCC2)cc1. The van der Waals surface area contributed by atoms with Crippen LogP contribution in [-0.2, 0) is 25.5 Å². The molecule has 0 bridgehead atoms. The van der Waals surface area contributed by atoms with E-state index in [-0.39, 0.29) is 12.5 Å². The zero-order valence-electron chi connectivity index (χ0n) is 21.2. The minimum Gasteiger partial charge on any atom is -0.482 e. The van der Waals surface area contributed by atoms with Crippen LogP contribution in [0.1, 0.15) is 64.0 Å². The molecule has 1 aliphatic carbocycles. The molecule has 1 fully saturated rings. The van der Waals surface area contributed by atoms with Gasteiger partial charge in [-0.1, -0.05) is 43.5 Å². The summed E-state index contributed by atoms with van der Waals surface area (Å²) in [6.45, 7) is 5.27. The second-order valence-electron chi connectivity index (χ2n) is 10.3. The van der Waals surface area contributed by atoms with Gasteiger partial charge in [-0.3, -0.25) is 4.79 Å². The fourth-order valence-corrected chi connectivity index (χ4v) is 4.47. The zero-order valence-corrected chi connectivity index (χ0v) is 21.2. The highest BCUT2D eigenvalue weighted by molar-refractivity contribution is 5.96. The van der Waals surface area contributed by atoms with Crippen molar-refractivity contribution < 1.29 is 29.0 Å². The summed E-state index contributed by atoms with van der Waals surface area (Å²) in [5.74, 6) is -0.899. The predicted molar refractivity (Wildman–Crippen MR) is 139 cm³/mol. The summed E-state index contributed by atoms with van der Waals surface area (Å²) < 4.78 is 10.8. The largest absolute Gasteiger partial charge is 0.482 e. The maximum absolute atomic E-state index is 13.5. The van der Waals surface area contributed by atoms with Crippen LogP contribution in [0.3, 0.4) is 0 Å². The van der Waals surface area contributed by atoms with Crippen LogP contribution in [0.4, 0.5) is 5.69 Å². The van der Waals surface area contributed by atoms with E-state index in [9.17, 15) is 14.4 Å². The third kappa shape index (κ3) is 8.26. The first-order valence-corrected chi connectivity index (χ1v) is 12.3. The van der Waals surface area contributed by atoms with E-state index in [4.69, 9.17) is 14.6 Å². The Morgan fingerprint density at radius 3 is 2.36 bits per heavy atom. The Labute approximate surface area is 212 Å². The van der Waals surface area contributed by atoms with E-state index in [0.717, 1.165) is 43.7 Å². The van der Waals surface area contributed by atoms with Gasteiger partial charge in [0.15, 0.2) is 6.61 Å². The topological polar surface area (TPSA) is 102 Å². The number of esters is 1. The number of anilines is 1. The van der Waals surface area contributed by atoms with Crippen LogP contribution in [0.15, 0.2) is 54.6 Å². The Morgan fingerprint density at radius 2 is 1.72 bits per heavy atom. The van der Waals surface area contributed by atoms with Crippen molar-refractivity contribution in [3.8, 4) is 5.75 Å². The summed E-state index contributed by atoms with van der Waals surface area (Å²) in [5.41, 5.74) is 1.28. The normalized spacial score (nSPS) is 15.3. The van der Waals surface area contributed by atoms with Gasteiger partial charge < -0.3 is 19.9 Å². The molecule has 2 aromatic rings. The number of aliphatic carboxylic acids is 1. The molecule has 2 aromatic carbocycles. The van der Waals surface area contributed by atoms with Gasteiger partial charge in [-0.25, -0.2) is 9.59 Å². The molecule has 2 N–H and O–H groups in total. The van der Waals surface area contributed by atoms with Crippen molar-refractivity contribution in [2.45, 2.75) is 64.9 Å². The van der Waals surface area contributed by atoms with Gasteiger partial charge in [0.25, 0.3) is 0 Å². The molecule has 7 heteroatoms. The van der Waals surface area contributed by atoms with E-state index in [1.54, 1.807) is 18.2 Å². The molecular weight excluding hydrogens is 458 g/mol. The highest BCUT2D eigenvalue weighted by atomic mass is 16.6. The van der Waals surface area contributed by atoms with Crippen LogP contribution in [0.5, 0.6) is 5.75 Å². The Bertz CT molecular complexity index is 1090. The highest BCUT2D eigenvalue weighted by Gasteiger charge is 2.39. The van der Waals surface area contributed by atoms with Crippen LogP contribution in [0, 0.1) is 5.41 Å². The summed E-state index contributed by atoms with van der Waals surface area (Å²) in [6, 6.07) is 14.7. The van der Waals surface area contributed by atoms with Crippen LogP contribution in [0.2, 0.25) is 0 Å². The first-order chi connectivity index (χ1) is 17.0. The molecule has 1 amide bonds. The number of ether oxygens (including phenoxy) is 2. The van der Waals surface area contributed by atoms with Crippen molar-refractivity contribution in [3.05, 3.63) is 65.7 Å². The minimum absolute atomic E-state index is 0.0215. The average Bonchev–Trinajstić information content (AvgIpc) is 2.82. The third-order valence-corrected chi connectivity index (χ3v) is 6.10. The lowest BCUT2D eigenvalue weighted by Crippen LogP contribution is -2.40. The summed E-state index contributed by atoms with van der Waals surface area (Å²) in [6.07, 6.45) is 7.87. The van der Waals surface area contributed by atoms with Gasteiger partial charge in [-0.15, -0.1) is 0 Å². The van der Waals surface area contributed by atoms with Crippen LogP contribution < -0.4 is 10.1 Å². The predicted octanol–water partition coefficient (Wildman–Crippen LogP) is 5.64. The standard InChI is InChI=1S/C29H35NO6/c1-28(2,3)36-26(33)20-35-24-13-10-22(11-14-24)19-29(16-5-4-6-17-29)27(34)30-23-9-7-8-21(18-23)12-15-25(31)32/h7-15,18H,4-6,16-17,19-20H2,1-3H3,(H,30,34)(H,31,32)/b15-12+. The number of carboxylic acids is 1. The molecule has 192 valence electrons. The van der Waals surface area contributed by atoms with Crippen molar-refractivity contribution in [2.24, 2.45) is 5.41 Å². The molecule has 1 saturated carbocycles. The van der Waals surface area contributed by atoms with Crippen molar-refractivity contribution in [2.75, 3.05) is 11.9 Å². The van der Waals surface area contributed by atoms with Gasteiger partial charge >= 0.3 is 11.9 Å². The second kappa shape index (κ2) is 11.9. The number of hydrogen-bond acceptors (Lipinski definition) is 5. The number of rotatable bonds is 9. The molecule has 0 aliphatic heterocycles. The maximum Gasteiger partial charge on any atom is 0.344 e. The summed E-state index contributed by atoms with van der Waals surface area (Å²) in [4.78, 5) is 36.2. The Balaban J connectivity index is 1.67. The number of nitrogens with one attached hydrogen (secondary N) is 1. The van der Waals surface area contributed by atoms with Crippen molar-refractivity contribution in [1.29, 1.82) is 0 Å². The molecule has 0 atom stereocenters. The molecule has 0 saturated heterocycles. The minimum atomic E-state index is -1.02. The van der Waals surface area contributed by atoms with Crippen molar-refractivity contribution in [3.63, 3.8) is 0 Å². The van der Waals surface area contributed by atoms with Crippen molar-refractivity contribution >= 4 is 29.6 Å². The third-order valence-electron chi connectivity index (χ3n) is 6.10. The molecule has 7 nitrogen and oxygen atoms in total. The van der Waals surface area contributed by atoms with Gasteiger partial charge in [0.2, 0.25) is 5.91 Å². The van der Waals surface area contributed by atoms with E-state index in [1.165, 1.54) is 6.08 Å². The molecule has 1 aliphatic rings. The number of carboxylic acid groups (broad SMARTS) is 1. The molecule has 36 heavy (non-hydrogen) atoms. The van der Waals surface area contributed by atoms with Gasteiger partial charge in [0.05, 0.1) is 5.41 Å². The zero-order chi connectivity index (χ0) is 26.2. The van der Waals surface area contributed by atoms with Crippen LogP contribution in [0.25, 0.3) is 6.08 Å². The lowest BCUT2D eigenvalue weighted by molar-refractivity contribution is -0.157. The van der Waals surface area contributed by atoms with E-state index in [2.05, 4.69) is 5.32 Å². The Kier molecular flexibility index (Phi) is 8.91. The van der Waals surface area contributed by atoms with Crippen molar-refractivity contribution in [1.82, 2.24) is 0 Å². The molecular formula is C29H35NO6. The number of carbonyl (C=O) groups excluding carboxylic acids is 2. The Morgan fingerprint density at radius 1 is 1.03 bits per heavy atom. The molecule has 0 radical (unpaired) electrons. The number of amides is 1. The first-order valence-electron chi connectivity index (χ1n) is 12.3. The number of hydrogen-bond donors (Lipinski definition) is 2. The summed E-state index contributed by atoms with van der Waals surface area (Å²) in [7, 11) is 0. The van der Waals surface area contributed by atoms with Gasteiger partial charge in [-0.2, -0.15) is 0 Å². The van der Waals surface area contributed by atoms with Gasteiger partial charge in [0, 0.05) is 11.8 Å². The van der Waals surface area contributed by atoms with Gasteiger partial charge in [-0.05, 0) is 81.5 Å². The summed E-state index contributed by atoms with van der Waals surface area (Å²) in [5, 5.41) is 11.9. The lowest BCUT2D eigenvalue weighted by Gasteiger charge is -2.36. The maximum atomic E-state index is 13.5. The van der Waals surface area contributed by atoms with Crippen LogP contribution in [-0.4, -0.2) is 35.2 Å². The Hall–Kier alpha value is -3.61. The number of benzene rings is 2. The summed E-state index contributed by atoms with van der Waals surface area (Å²) >= 11 is 0. The molecule has 3 rings (SSSR count). The number of carbonyl (C=O) groups is 3. The highest BCUT2D eigenvalue weighted by Crippen LogP contribution is 2.40.